The van der Waals surface area contributed by atoms with Gasteiger partial charge in [0.15, 0.2) is 0 Å². The molecule has 17 heavy (non-hydrogen) atoms. The molecule has 0 bridgehead atoms. The van der Waals surface area contributed by atoms with Crippen LogP contribution in [0.4, 0.5) is 0 Å². The predicted octanol–water partition coefficient (Wildman–Crippen LogP) is 4.05. The van der Waals surface area contributed by atoms with Crippen LogP contribution in [0.3, 0.4) is 0 Å². The molecule has 0 amide bonds. The van der Waals surface area contributed by atoms with Gasteiger partial charge in [0, 0.05) is 24.0 Å². The molecule has 1 N–H and O–H groups in total. The van der Waals surface area contributed by atoms with Gasteiger partial charge >= 0.3 is 0 Å². The molecule has 2 nitrogen and oxygen atoms in total. The van der Waals surface area contributed by atoms with E-state index in [0.29, 0.717) is 5.92 Å². The molecule has 0 radical (unpaired) electrons. The fourth-order valence-electron chi connectivity index (χ4n) is 2.46. The molecule has 92 valence electrons. The number of nitrogens with zero attached hydrogens (tertiary/aromatic N) is 1. The Morgan fingerprint density at radius 1 is 1.29 bits per heavy atom. The van der Waals surface area contributed by atoms with E-state index >= 15 is 0 Å². The van der Waals surface area contributed by atoms with Crippen LogP contribution in [0, 0.1) is 11.3 Å². The Morgan fingerprint density at radius 3 is 2.47 bits per heavy atom. The molecular formula is C14H19BrN2. The first-order valence-electron chi connectivity index (χ1n) is 6.21. The second kappa shape index (κ2) is 5.67. The van der Waals surface area contributed by atoms with Gasteiger partial charge in [-0.3, -0.25) is 5.41 Å². The summed E-state index contributed by atoms with van der Waals surface area (Å²) in [6, 6.07) is 8.34. The molecule has 1 saturated carbocycles. The summed E-state index contributed by atoms with van der Waals surface area (Å²) in [7, 11) is 2.03. The highest BCUT2D eigenvalue weighted by Crippen LogP contribution is 2.26. The quantitative estimate of drug-likeness (QED) is 0.661. The van der Waals surface area contributed by atoms with E-state index in [2.05, 4.69) is 45.1 Å². The normalized spacial score (nSPS) is 16.1. The fourth-order valence-corrected chi connectivity index (χ4v) is 2.72. The summed E-state index contributed by atoms with van der Waals surface area (Å²) >= 11 is 3.44. The van der Waals surface area contributed by atoms with E-state index in [0.717, 1.165) is 16.9 Å². The van der Waals surface area contributed by atoms with Crippen LogP contribution in [-0.2, 0) is 6.54 Å². The maximum Gasteiger partial charge on any atom is 0.0989 e. The molecule has 1 fully saturated rings. The van der Waals surface area contributed by atoms with Crippen molar-refractivity contribution in [2.75, 3.05) is 7.05 Å². The first kappa shape index (κ1) is 12.6. The third-order valence-electron chi connectivity index (χ3n) is 3.49. The molecule has 0 spiro atoms. The van der Waals surface area contributed by atoms with Crippen molar-refractivity contribution in [3.05, 3.63) is 34.3 Å². The van der Waals surface area contributed by atoms with Crippen LogP contribution in [0.25, 0.3) is 0 Å². The van der Waals surface area contributed by atoms with Crippen molar-refractivity contribution < 1.29 is 0 Å². The topological polar surface area (TPSA) is 27.1 Å². The number of amidine groups is 1. The van der Waals surface area contributed by atoms with Crippen LogP contribution in [0.1, 0.15) is 31.2 Å². The first-order valence-corrected chi connectivity index (χ1v) is 7.00. The van der Waals surface area contributed by atoms with Gasteiger partial charge in [-0.1, -0.05) is 40.9 Å². The van der Waals surface area contributed by atoms with Gasteiger partial charge in [-0.2, -0.15) is 0 Å². The number of hydrogen-bond acceptors (Lipinski definition) is 1. The minimum atomic E-state index is 0.496. The average molecular weight is 295 g/mol. The van der Waals surface area contributed by atoms with Crippen LogP contribution in [0.5, 0.6) is 0 Å². The molecule has 0 aromatic heterocycles. The van der Waals surface area contributed by atoms with Gasteiger partial charge in [-0.05, 0) is 30.5 Å². The Kier molecular flexibility index (Phi) is 4.21. The summed E-state index contributed by atoms with van der Waals surface area (Å²) in [6.07, 6.45) is 4.98. The molecule has 0 saturated heterocycles. The van der Waals surface area contributed by atoms with Crippen LogP contribution in [0.2, 0.25) is 0 Å². The largest absolute Gasteiger partial charge is 0.359 e. The van der Waals surface area contributed by atoms with Crippen LogP contribution >= 0.6 is 15.9 Å². The summed E-state index contributed by atoms with van der Waals surface area (Å²) in [5, 5.41) is 8.20. The standard InChI is InChI=1S/C14H19BrN2/c1-17(14(16)12-4-2-3-5-12)10-11-6-8-13(15)9-7-11/h6-9,12,16H,2-5,10H2,1H3. The van der Waals surface area contributed by atoms with Gasteiger partial charge < -0.3 is 4.90 Å². The molecule has 3 heteroatoms. The monoisotopic (exact) mass is 294 g/mol. The van der Waals surface area contributed by atoms with E-state index in [9.17, 15) is 0 Å². The summed E-state index contributed by atoms with van der Waals surface area (Å²) in [5.41, 5.74) is 1.26. The molecule has 0 atom stereocenters. The van der Waals surface area contributed by atoms with E-state index in [1.807, 2.05) is 7.05 Å². The Bertz CT molecular complexity index is 380. The van der Waals surface area contributed by atoms with Crippen LogP contribution < -0.4 is 0 Å². The molecule has 0 unspecified atom stereocenters. The summed E-state index contributed by atoms with van der Waals surface area (Å²) in [6.45, 7) is 0.836. The molecule has 0 heterocycles. The minimum absolute atomic E-state index is 0.496. The number of nitrogens with one attached hydrogen (secondary N) is 1. The Labute approximate surface area is 112 Å². The van der Waals surface area contributed by atoms with Crippen molar-refractivity contribution in [3.8, 4) is 0 Å². The van der Waals surface area contributed by atoms with Crippen LogP contribution in [-0.4, -0.2) is 17.8 Å². The lowest BCUT2D eigenvalue weighted by Crippen LogP contribution is -2.30. The van der Waals surface area contributed by atoms with E-state index < -0.39 is 0 Å². The van der Waals surface area contributed by atoms with Gasteiger partial charge in [0.05, 0.1) is 5.84 Å². The highest BCUT2D eigenvalue weighted by atomic mass is 79.9. The van der Waals surface area contributed by atoms with Gasteiger partial charge in [-0.25, -0.2) is 0 Å². The highest BCUT2D eigenvalue weighted by molar-refractivity contribution is 9.10. The molecule has 1 aromatic rings. The van der Waals surface area contributed by atoms with Crippen molar-refractivity contribution in [1.29, 1.82) is 5.41 Å². The van der Waals surface area contributed by atoms with Gasteiger partial charge in [0.2, 0.25) is 0 Å². The third kappa shape index (κ3) is 3.32. The number of hydrogen-bond donors (Lipinski definition) is 1. The Morgan fingerprint density at radius 2 is 1.88 bits per heavy atom. The lowest BCUT2D eigenvalue weighted by Gasteiger charge is -2.24. The summed E-state index contributed by atoms with van der Waals surface area (Å²) in [5.74, 6) is 1.31. The van der Waals surface area contributed by atoms with E-state index in [4.69, 9.17) is 5.41 Å². The van der Waals surface area contributed by atoms with E-state index in [-0.39, 0.29) is 0 Å². The molecule has 1 aliphatic carbocycles. The zero-order valence-corrected chi connectivity index (χ0v) is 11.8. The highest BCUT2D eigenvalue weighted by Gasteiger charge is 2.22. The SMILES string of the molecule is CN(Cc1ccc(Br)cc1)C(=N)C1CCCC1. The van der Waals surface area contributed by atoms with Gasteiger partial charge in [0.25, 0.3) is 0 Å². The molecule has 1 aliphatic rings. The molecule has 2 rings (SSSR count). The van der Waals surface area contributed by atoms with Crippen molar-refractivity contribution in [2.45, 2.75) is 32.2 Å². The zero-order valence-electron chi connectivity index (χ0n) is 10.2. The zero-order chi connectivity index (χ0) is 12.3. The summed E-state index contributed by atoms with van der Waals surface area (Å²) < 4.78 is 1.11. The van der Waals surface area contributed by atoms with Crippen molar-refractivity contribution in [3.63, 3.8) is 0 Å². The van der Waals surface area contributed by atoms with Crippen molar-refractivity contribution in [1.82, 2.24) is 4.90 Å². The number of rotatable bonds is 3. The third-order valence-corrected chi connectivity index (χ3v) is 4.01. The Hall–Kier alpha value is -0.830. The Balaban J connectivity index is 1.93. The fraction of sp³-hybridized carbons (Fsp3) is 0.500. The van der Waals surface area contributed by atoms with E-state index in [1.165, 1.54) is 31.2 Å². The van der Waals surface area contributed by atoms with E-state index in [1.54, 1.807) is 0 Å². The smallest absolute Gasteiger partial charge is 0.0989 e. The average Bonchev–Trinajstić information content (AvgIpc) is 2.84. The maximum absolute atomic E-state index is 8.20. The maximum atomic E-state index is 8.20. The number of benzene rings is 1. The second-order valence-electron chi connectivity index (χ2n) is 4.85. The lowest BCUT2D eigenvalue weighted by atomic mass is 10.1. The van der Waals surface area contributed by atoms with Gasteiger partial charge in [0.1, 0.15) is 0 Å². The second-order valence-corrected chi connectivity index (χ2v) is 5.76. The first-order chi connectivity index (χ1) is 8.16. The molecule has 1 aromatic carbocycles. The van der Waals surface area contributed by atoms with Crippen LogP contribution in [0.15, 0.2) is 28.7 Å². The summed E-state index contributed by atoms with van der Waals surface area (Å²) in [4.78, 5) is 2.08. The lowest BCUT2D eigenvalue weighted by molar-refractivity contribution is 0.455. The molecular weight excluding hydrogens is 276 g/mol. The predicted molar refractivity (Wildman–Crippen MR) is 75.3 cm³/mol. The minimum Gasteiger partial charge on any atom is -0.359 e. The van der Waals surface area contributed by atoms with Crippen molar-refractivity contribution in [2.24, 2.45) is 5.92 Å². The van der Waals surface area contributed by atoms with Crippen molar-refractivity contribution >= 4 is 21.8 Å². The van der Waals surface area contributed by atoms with Gasteiger partial charge in [-0.15, -0.1) is 0 Å². The molecule has 0 aliphatic heterocycles. The number of halogens is 1.